The van der Waals surface area contributed by atoms with Gasteiger partial charge in [-0.1, -0.05) is 25.0 Å². The van der Waals surface area contributed by atoms with Gasteiger partial charge in [0.25, 0.3) is 0 Å². The van der Waals surface area contributed by atoms with Crippen LogP contribution in [0.2, 0.25) is 0 Å². The molecule has 1 saturated heterocycles. The van der Waals surface area contributed by atoms with Crippen molar-refractivity contribution < 1.29 is 22.4 Å². The van der Waals surface area contributed by atoms with Gasteiger partial charge in [0.05, 0.1) is 4.90 Å². The van der Waals surface area contributed by atoms with E-state index in [1.54, 1.807) is 28.6 Å². The second-order valence-electron chi connectivity index (χ2n) is 7.99. The van der Waals surface area contributed by atoms with Crippen LogP contribution >= 0.6 is 0 Å². The molecule has 1 amide bonds. The topological polar surface area (TPSA) is 83.5 Å². The highest BCUT2D eigenvalue weighted by Gasteiger charge is 2.24. The molecule has 3 rings (SSSR count). The van der Waals surface area contributed by atoms with Gasteiger partial charge in [-0.05, 0) is 61.2 Å². The van der Waals surface area contributed by atoms with E-state index in [9.17, 15) is 22.4 Å². The zero-order valence-electron chi connectivity index (χ0n) is 18.1. The molecule has 1 heterocycles. The van der Waals surface area contributed by atoms with E-state index in [1.165, 1.54) is 24.3 Å². The van der Waals surface area contributed by atoms with Crippen LogP contribution < -0.4 is 5.32 Å². The normalized spacial score (nSPS) is 15.2. The summed E-state index contributed by atoms with van der Waals surface area (Å²) in [4.78, 5) is 24.3. The van der Waals surface area contributed by atoms with Crippen molar-refractivity contribution in [1.29, 1.82) is 0 Å². The number of benzene rings is 2. The minimum absolute atomic E-state index is 0.0561. The molecule has 0 radical (unpaired) electrons. The van der Waals surface area contributed by atoms with E-state index < -0.39 is 15.8 Å². The van der Waals surface area contributed by atoms with E-state index in [4.69, 9.17) is 0 Å². The van der Waals surface area contributed by atoms with Crippen LogP contribution in [-0.2, 0) is 21.2 Å². The predicted octanol–water partition coefficient (Wildman–Crippen LogP) is 3.71. The number of hydrogen-bond donors (Lipinski definition) is 1. The van der Waals surface area contributed by atoms with Gasteiger partial charge >= 0.3 is 0 Å². The molecular weight excluding hydrogens is 431 g/mol. The summed E-state index contributed by atoms with van der Waals surface area (Å²) in [6.45, 7) is 1.53. The van der Waals surface area contributed by atoms with Crippen LogP contribution in [0.4, 0.5) is 4.39 Å². The van der Waals surface area contributed by atoms with E-state index in [0.29, 0.717) is 36.5 Å². The average Bonchev–Trinajstić information content (AvgIpc) is 3.09. The number of nitrogens with zero attached hydrogens (tertiary/aromatic N) is 1. The van der Waals surface area contributed by atoms with Gasteiger partial charge in [0.1, 0.15) is 5.82 Å². The van der Waals surface area contributed by atoms with Gasteiger partial charge < -0.3 is 5.32 Å². The van der Waals surface area contributed by atoms with Crippen molar-refractivity contribution in [2.45, 2.75) is 49.8 Å². The first kappa shape index (κ1) is 24.1. The Morgan fingerprint density at radius 2 is 1.50 bits per heavy atom. The molecule has 8 heteroatoms. The van der Waals surface area contributed by atoms with Crippen molar-refractivity contribution in [3.05, 3.63) is 65.5 Å². The molecule has 6 nitrogen and oxygen atoms in total. The summed E-state index contributed by atoms with van der Waals surface area (Å²) in [6.07, 6.45) is 4.60. The molecule has 172 valence electrons. The minimum Gasteiger partial charge on any atom is -0.356 e. The fourth-order valence-electron chi connectivity index (χ4n) is 3.70. The Morgan fingerprint density at radius 3 is 2.12 bits per heavy atom. The quantitative estimate of drug-likeness (QED) is 0.578. The van der Waals surface area contributed by atoms with Crippen molar-refractivity contribution in [3.63, 3.8) is 0 Å². The zero-order chi connectivity index (χ0) is 23.0. The molecule has 0 spiro atoms. The zero-order valence-corrected chi connectivity index (χ0v) is 18.9. The predicted molar refractivity (Wildman–Crippen MR) is 120 cm³/mol. The number of sulfonamides is 1. The smallest absolute Gasteiger partial charge is 0.243 e. The van der Waals surface area contributed by atoms with E-state index in [-0.39, 0.29) is 24.5 Å². The first-order valence-corrected chi connectivity index (χ1v) is 12.4. The molecule has 32 heavy (non-hydrogen) atoms. The molecule has 0 unspecified atom stereocenters. The van der Waals surface area contributed by atoms with Gasteiger partial charge in [-0.25, -0.2) is 12.8 Å². The highest BCUT2D eigenvalue weighted by Crippen LogP contribution is 2.20. The molecule has 1 aliphatic rings. The lowest BCUT2D eigenvalue weighted by Crippen LogP contribution is -2.31. The summed E-state index contributed by atoms with van der Waals surface area (Å²) >= 11 is 0. The number of carbonyl (C=O) groups excluding carboxylic acids is 2. The Hall–Kier alpha value is -2.58. The van der Waals surface area contributed by atoms with Gasteiger partial charge in [0.2, 0.25) is 15.9 Å². The van der Waals surface area contributed by atoms with Crippen molar-refractivity contribution in [2.75, 3.05) is 19.6 Å². The Balaban J connectivity index is 1.43. The Labute approximate surface area is 188 Å². The maximum atomic E-state index is 12.9. The van der Waals surface area contributed by atoms with Gasteiger partial charge in [-0.3, -0.25) is 9.59 Å². The number of carbonyl (C=O) groups is 2. The third kappa shape index (κ3) is 6.71. The van der Waals surface area contributed by atoms with Crippen LogP contribution in [0.25, 0.3) is 0 Å². The Bertz CT molecular complexity index is 1010. The molecule has 0 bridgehead atoms. The van der Waals surface area contributed by atoms with Gasteiger partial charge in [0.15, 0.2) is 5.78 Å². The first-order chi connectivity index (χ1) is 15.4. The van der Waals surface area contributed by atoms with Crippen LogP contribution in [0.1, 0.15) is 54.4 Å². The number of amides is 1. The molecule has 0 aliphatic carbocycles. The van der Waals surface area contributed by atoms with E-state index in [0.717, 1.165) is 31.2 Å². The first-order valence-electron chi connectivity index (χ1n) is 11.0. The fourth-order valence-corrected chi connectivity index (χ4v) is 5.22. The number of Topliss-reactive ketones (excluding diaryl/α,β-unsaturated/α-hetero) is 1. The van der Waals surface area contributed by atoms with Crippen molar-refractivity contribution >= 4 is 21.7 Å². The van der Waals surface area contributed by atoms with Crippen molar-refractivity contribution in [1.82, 2.24) is 9.62 Å². The fraction of sp³-hybridized carbons (Fsp3) is 0.417. The van der Waals surface area contributed by atoms with Gasteiger partial charge in [-0.15, -0.1) is 0 Å². The molecule has 1 aliphatic heterocycles. The third-order valence-corrected chi connectivity index (χ3v) is 7.52. The van der Waals surface area contributed by atoms with Crippen molar-refractivity contribution in [2.24, 2.45) is 0 Å². The van der Waals surface area contributed by atoms with Crippen LogP contribution in [0.3, 0.4) is 0 Å². The van der Waals surface area contributed by atoms with Crippen LogP contribution in [0.5, 0.6) is 0 Å². The van der Waals surface area contributed by atoms with E-state index >= 15 is 0 Å². The summed E-state index contributed by atoms with van der Waals surface area (Å²) < 4.78 is 40.1. The molecule has 2 aromatic rings. The summed E-state index contributed by atoms with van der Waals surface area (Å²) in [5.74, 6) is -0.853. The van der Waals surface area contributed by atoms with Crippen LogP contribution in [0.15, 0.2) is 53.4 Å². The summed E-state index contributed by atoms with van der Waals surface area (Å²) in [5.41, 5.74) is 1.30. The number of rotatable bonds is 9. The molecule has 0 saturated carbocycles. The largest absolute Gasteiger partial charge is 0.356 e. The third-order valence-electron chi connectivity index (χ3n) is 5.61. The number of hydrogen-bond acceptors (Lipinski definition) is 4. The molecule has 0 aromatic heterocycles. The molecule has 0 atom stereocenters. The van der Waals surface area contributed by atoms with Crippen LogP contribution in [0, 0.1) is 5.82 Å². The maximum Gasteiger partial charge on any atom is 0.243 e. The average molecular weight is 461 g/mol. The van der Waals surface area contributed by atoms with Gasteiger partial charge in [-0.2, -0.15) is 4.31 Å². The van der Waals surface area contributed by atoms with E-state index in [1.807, 2.05) is 0 Å². The summed E-state index contributed by atoms with van der Waals surface area (Å²) in [6, 6.07) is 12.1. The van der Waals surface area contributed by atoms with Gasteiger partial charge in [0, 0.05) is 38.0 Å². The number of halogens is 1. The highest BCUT2D eigenvalue weighted by atomic mass is 32.2. The SMILES string of the molecule is O=C(CCC(=O)c1ccc(F)cc1)NCCc1ccc(S(=O)(=O)N2CCCCCC2)cc1. The lowest BCUT2D eigenvalue weighted by atomic mass is 10.1. The second-order valence-corrected chi connectivity index (χ2v) is 9.93. The molecule has 1 N–H and O–H groups in total. The summed E-state index contributed by atoms with van der Waals surface area (Å²) in [5, 5.41) is 2.77. The monoisotopic (exact) mass is 460 g/mol. The lowest BCUT2D eigenvalue weighted by Gasteiger charge is -2.20. The molecule has 1 fully saturated rings. The van der Waals surface area contributed by atoms with Crippen molar-refractivity contribution in [3.8, 4) is 0 Å². The standard InChI is InChI=1S/C24H29FN2O4S/c25-21-9-7-20(8-10-21)23(28)13-14-24(29)26-16-15-19-5-11-22(12-6-19)32(30,31)27-17-3-1-2-4-18-27/h5-12H,1-4,13-18H2,(H,26,29). The second kappa shape index (κ2) is 11.3. The lowest BCUT2D eigenvalue weighted by molar-refractivity contribution is -0.121. The number of nitrogens with one attached hydrogen (secondary N) is 1. The highest BCUT2D eigenvalue weighted by molar-refractivity contribution is 7.89. The Morgan fingerprint density at radius 1 is 0.875 bits per heavy atom. The minimum atomic E-state index is -3.47. The Kier molecular flexibility index (Phi) is 8.53. The van der Waals surface area contributed by atoms with Crippen LogP contribution in [-0.4, -0.2) is 44.0 Å². The number of ketones is 1. The summed E-state index contributed by atoms with van der Waals surface area (Å²) in [7, 11) is -3.47. The van der Waals surface area contributed by atoms with E-state index in [2.05, 4.69) is 5.32 Å². The molecule has 2 aromatic carbocycles. The maximum absolute atomic E-state index is 12.9. The molecular formula is C24H29FN2O4S.